The molecule has 90 valence electrons. The summed E-state index contributed by atoms with van der Waals surface area (Å²) in [7, 11) is 2.03. The fourth-order valence-electron chi connectivity index (χ4n) is 2.26. The normalized spacial score (nSPS) is 15.1. The summed E-state index contributed by atoms with van der Waals surface area (Å²) < 4.78 is 0. The highest BCUT2D eigenvalue weighted by molar-refractivity contribution is 5.60. The Kier molecular flexibility index (Phi) is 3.65. The second kappa shape index (κ2) is 5.20. The maximum absolute atomic E-state index is 9.13. The SMILES string of the molecule is CN(CC1CCC1)c1ccc(CO)cc1C#N. The van der Waals surface area contributed by atoms with Crippen molar-refractivity contribution in [1.82, 2.24) is 0 Å². The molecule has 0 heterocycles. The Hall–Kier alpha value is -1.53. The molecule has 0 aromatic heterocycles. The average molecular weight is 230 g/mol. The summed E-state index contributed by atoms with van der Waals surface area (Å²) in [6.45, 7) is 1.01. The molecule has 1 fully saturated rings. The molecule has 1 saturated carbocycles. The van der Waals surface area contributed by atoms with Crippen LogP contribution < -0.4 is 4.90 Å². The van der Waals surface area contributed by atoms with Crippen LogP contribution in [0.1, 0.15) is 30.4 Å². The number of benzene rings is 1. The van der Waals surface area contributed by atoms with E-state index in [9.17, 15) is 0 Å². The molecule has 1 aliphatic rings. The fourth-order valence-corrected chi connectivity index (χ4v) is 2.26. The first-order valence-electron chi connectivity index (χ1n) is 6.09. The van der Waals surface area contributed by atoms with E-state index in [4.69, 9.17) is 10.4 Å². The van der Waals surface area contributed by atoms with Gasteiger partial charge in [0.1, 0.15) is 6.07 Å². The highest BCUT2D eigenvalue weighted by Crippen LogP contribution is 2.29. The summed E-state index contributed by atoms with van der Waals surface area (Å²) >= 11 is 0. The summed E-state index contributed by atoms with van der Waals surface area (Å²) in [6, 6.07) is 7.79. The molecule has 0 unspecified atom stereocenters. The van der Waals surface area contributed by atoms with Crippen molar-refractivity contribution in [1.29, 1.82) is 5.26 Å². The monoisotopic (exact) mass is 230 g/mol. The molecule has 1 aromatic rings. The highest BCUT2D eigenvalue weighted by atomic mass is 16.3. The van der Waals surface area contributed by atoms with E-state index in [0.29, 0.717) is 5.56 Å². The van der Waals surface area contributed by atoms with Crippen LogP contribution in [0.5, 0.6) is 0 Å². The predicted octanol–water partition coefficient (Wildman–Crippen LogP) is 2.29. The Morgan fingerprint density at radius 2 is 2.24 bits per heavy atom. The molecule has 1 aromatic carbocycles. The zero-order valence-electron chi connectivity index (χ0n) is 10.2. The first-order chi connectivity index (χ1) is 8.24. The third-order valence-corrected chi connectivity index (χ3v) is 3.53. The van der Waals surface area contributed by atoms with E-state index in [2.05, 4.69) is 11.0 Å². The van der Waals surface area contributed by atoms with Crippen LogP contribution in [0.15, 0.2) is 18.2 Å². The van der Waals surface area contributed by atoms with E-state index in [-0.39, 0.29) is 6.61 Å². The molecule has 0 spiro atoms. The van der Waals surface area contributed by atoms with Gasteiger partial charge in [-0.3, -0.25) is 0 Å². The molecule has 0 amide bonds. The molecule has 2 rings (SSSR count). The van der Waals surface area contributed by atoms with E-state index < -0.39 is 0 Å². The number of hydrogen-bond donors (Lipinski definition) is 1. The van der Waals surface area contributed by atoms with Gasteiger partial charge in [-0.25, -0.2) is 0 Å². The van der Waals surface area contributed by atoms with Crippen molar-refractivity contribution >= 4 is 5.69 Å². The van der Waals surface area contributed by atoms with Gasteiger partial charge in [0.05, 0.1) is 17.9 Å². The molecule has 0 aliphatic heterocycles. The minimum Gasteiger partial charge on any atom is -0.392 e. The Bertz CT molecular complexity index is 432. The van der Waals surface area contributed by atoms with Crippen molar-refractivity contribution < 1.29 is 5.11 Å². The second-order valence-electron chi connectivity index (χ2n) is 4.80. The largest absolute Gasteiger partial charge is 0.392 e. The minimum atomic E-state index is -0.0126. The highest BCUT2D eigenvalue weighted by Gasteiger charge is 2.20. The molecule has 0 atom stereocenters. The third-order valence-electron chi connectivity index (χ3n) is 3.53. The van der Waals surface area contributed by atoms with Gasteiger partial charge in [0.25, 0.3) is 0 Å². The first-order valence-corrected chi connectivity index (χ1v) is 6.09. The lowest BCUT2D eigenvalue weighted by molar-refractivity contribution is 0.282. The molecule has 3 nitrogen and oxygen atoms in total. The van der Waals surface area contributed by atoms with Gasteiger partial charge < -0.3 is 10.0 Å². The number of nitrogens with zero attached hydrogens (tertiary/aromatic N) is 2. The van der Waals surface area contributed by atoms with Crippen molar-refractivity contribution in [2.75, 3.05) is 18.5 Å². The van der Waals surface area contributed by atoms with E-state index in [1.54, 1.807) is 6.07 Å². The maximum atomic E-state index is 9.13. The van der Waals surface area contributed by atoms with Gasteiger partial charge in [0, 0.05) is 13.6 Å². The zero-order chi connectivity index (χ0) is 12.3. The van der Waals surface area contributed by atoms with Gasteiger partial charge >= 0.3 is 0 Å². The van der Waals surface area contributed by atoms with Crippen molar-refractivity contribution in [3.8, 4) is 6.07 Å². The first kappa shape index (κ1) is 11.9. The molecule has 0 bridgehead atoms. The maximum Gasteiger partial charge on any atom is 0.101 e. The summed E-state index contributed by atoms with van der Waals surface area (Å²) in [5.74, 6) is 0.782. The van der Waals surface area contributed by atoms with Crippen LogP contribution in [-0.2, 0) is 6.61 Å². The Morgan fingerprint density at radius 1 is 1.47 bits per heavy atom. The van der Waals surface area contributed by atoms with Crippen LogP contribution >= 0.6 is 0 Å². The summed E-state index contributed by atoms with van der Waals surface area (Å²) in [5.41, 5.74) is 2.41. The van der Waals surface area contributed by atoms with Gasteiger partial charge in [-0.15, -0.1) is 0 Å². The average Bonchev–Trinajstić information content (AvgIpc) is 2.32. The minimum absolute atomic E-state index is 0.0126. The van der Waals surface area contributed by atoms with Gasteiger partial charge in [0.15, 0.2) is 0 Å². The molecule has 0 radical (unpaired) electrons. The standard InChI is InChI=1S/C14H18N2O/c1-16(9-11-3-2-4-11)14-6-5-12(10-17)7-13(14)8-15/h5-7,11,17H,2-4,9-10H2,1H3. The number of anilines is 1. The Labute approximate surface area is 102 Å². The molecule has 1 aliphatic carbocycles. The van der Waals surface area contributed by atoms with E-state index in [1.165, 1.54) is 19.3 Å². The second-order valence-corrected chi connectivity index (χ2v) is 4.80. The van der Waals surface area contributed by atoms with Crippen molar-refractivity contribution in [3.05, 3.63) is 29.3 Å². The number of aliphatic hydroxyl groups is 1. The third kappa shape index (κ3) is 2.59. The van der Waals surface area contributed by atoms with Crippen LogP contribution in [0.4, 0.5) is 5.69 Å². The van der Waals surface area contributed by atoms with E-state index in [0.717, 1.165) is 23.7 Å². The number of hydrogen-bond acceptors (Lipinski definition) is 3. The van der Waals surface area contributed by atoms with E-state index >= 15 is 0 Å². The van der Waals surface area contributed by atoms with Crippen molar-refractivity contribution in [2.45, 2.75) is 25.9 Å². The Balaban J connectivity index is 2.15. The fraction of sp³-hybridized carbons (Fsp3) is 0.500. The summed E-state index contributed by atoms with van der Waals surface area (Å²) in [4.78, 5) is 2.16. The molecular weight excluding hydrogens is 212 g/mol. The van der Waals surface area contributed by atoms with Gasteiger partial charge in [-0.05, 0) is 36.5 Å². The lowest BCUT2D eigenvalue weighted by atomic mass is 9.85. The van der Waals surface area contributed by atoms with Crippen molar-refractivity contribution in [3.63, 3.8) is 0 Å². The number of nitriles is 1. The van der Waals surface area contributed by atoms with Crippen LogP contribution in [0, 0.1) is 17.2 Å². The predicted molar refractivity (Wildman–Crippen MR) is 67.7 cm³/mol. The van der Waals surface area contributed by atoms with Gasteiger partial charge in [-0.2, -0.15) is 5.26 Å². The molecule has 0 saturated heterocycles. The lowest BCUT2D eigenvalue weighted by Gasteiger charge is -2.31. The zero-order valence-corrected chi connectivity index (χ0v) is 10.2. The quantitative estimate of drug-likeness (QED) is 0.863. The molecule has 17 heavy (non-hydrogen) atoms. The van der Waals surface area contributed by atoms with Crippen LogP contribution in [0.3, 0.4) is 0 Å². The lowest BCUT2D eigenvalue weighted by Crippen LogP contribution is -2.29. The number of aliphatic hydroxyl groups excluding tert-OH is 1. The topological polar surface area (TPSA) is 47.3 Å². The van der Waals surface area contributed by atoms with Crippen LogP contribution in [-0.4, -0.2) is 18.7 Å². The van der Waals surface area contributed by atoms with Crippen molar-refractivity contribution in [2.24, 2.45) is 5.92 Å². The smallest absolute Gasteiger partial charge is 0.101 e. The van der Waals surface area contributed by atoms with Crippen LogP contribution in [0.2, 0.25) is 0 Å². The van der Waals surface area contributed by atoms with Gasteiger partial charge in [0.2, 0.25) is 0 Å². The van der Waals surface area contributed by atoms with Gasteiger partial charge in [-0.1, -0.05) is 12.5 Å². The number of rotatable bonds is 4. The van der Waals surface area contributed by atoms with E-state index in [1.807, 2.05) is 19.2 Å². The molecule has 3 heteroatoms. The van der Waals surface area contributed by atoms with Crippen LogP contribution in [0.25, 0.3) is 0 Å². The summed E-state index contributed by atoms with van der Waals surface area (Å²) in [5, 5.41) is 18.2. The molecular formula is C14H18N2O. The Morgan fingerprint density at radius 3 is 2.76 bits per heavy atom. The molecule has 1 N–H and O–H groups in total. The summed E-state index contributed by atoms with van der Waals surface area (Å²) in [6.07, 6.45) is 3.95.